The van der Waals surface area contributed by atoms with Gasteiger partial charge in [0.2, 0.25) is 0 Å². The van der Waals surface area contributed by atoms with Crippen LogP contribution in [-0.2, 0) is 4.74 Å². The summed E-state index contributed by atoms with van der Waals surface area (Å²) in [6.45, 7) is 1.46. The molecule has 0 aromatic heterocycles. The quantitative estimate of drug-likeness (QED) is 0.711. The fourth-order valence-corrected chi connectivity index (χ4v) is 1.98. The van der Waals surface area contributed by atoms with E-state index in [2.05, 4.69) is 0 Å². The molecule has 1 aliphatic rings. The summed E-state index contributed by atoms with van der Waals surface area (Å²) in [5.41, 5.74) is 0.210. The summed E-state index contributed by atoms with van der Waals surface area (Å²) in [5.74, 6) is -2.11. The smallest absolute Gasteiger partial charge is 0.176 e. The van der Waals surface area contributed by atoms with Gasteiger partial charge in [-0.1, -0.05) is 0 Å². The van der Waals surface area contributed by atoms with E-state index < -0.39 is 11.6 Å². The highest BCUT2D eigenvalue weighted by Crippen LogP contribution is 2.26. The van der Waals surface area contributed by atoms with E-state index in [0.29, 0.717) is 19.2 Å². The Morgan fingerprint density at radius 2 is 2.11 bits per heavy atom. The zero-order valence-electron chi connectivity index (χ0n) is 10.9. The zero-order valence-corrected chi connectivity index (χ0v) is 10.9. The van der Waals surface area contributed by atoms with Crippen molar-refractivity contribution in [2.24, 2.45) is 0 Å². The molecule has 0 bridgehead atoms. The fraction of sp³-hybridized carbons (Fsp3) is 0.500. The normalized spacial score (nSPS) is 14.9. The lowest BCUT2D eigenvalue weighted by atomic mass is 10.1. The number of methoxy groups -OCH3 is 1. The lowest BCUT2D eigenvalue weighted by Crippen LogP contribution is -2.34. The molecule has 3 nitrogen and oxygen atoms in total. The predicted octanol–water partition coefficient (Wildman–Crippen LogP) is 2.26. The second-order valence-electron chi connectivity index (χ2n) is 4.75. The van der Waals surface area contributed by atoms with Crippen molar-refractivity contribution < 1.29 is 18.3 Å². The van der Waals surface area contributed by atoms with Crippen molar-refractivity contribution in [1.29, 1.82) is 0 Å². The van der Waals surface area contributed by atoms with Gasteiger partial charge in [-0.25, -0.2) is 8.78 Å². The average Bonchev–Trinajstić information content (AvgIpc) is 3.21. The van der Waals surface area contributed by atoms with E-state index in [4.69, 9.17) is 4.74 Å². The van der Waals surface area contributed by atoms with E-state index in [0.717, 1.165) is 25.0 Å². The summed E-state index contributed by atoms with van der Waals surface area (Å²) < 4.78 is 30.9. The second kappa shape index (κ2) is 6.21. The number of carbonyl (C=O) groups is 1. The molecule has 0 spiro atoms. The van der Waals surface area contributed by atoms with Gasteiger partial charge in [0.25, 0.3) is 0 Å². The summed E-state index contributed by atoms with van der Waals surface area (Å²) >= 11 is 0. The Morgan fingerprint density at radius 3 is 2.68 bits per heavy atom. The molecule has 1 fully saturated rings. The van der Waals surface area contributed by atoms with Crippen molar-refractivity contribution in [1.82, 2.24) is 4.90 Å². The third-order valence-corrected chi connectivity index (χ3v) is 3.23. The minimum atomic E-state index is -0.985. The summed E-state index contributed by atoms with van der Waals surface area (Å²) in [7, 11) is 1.61. The topological polar surface area (TPSA) is 29.5 Å². The third-order valence-electron chi connectivity index (χ3n) is 3.23. The van der Waals surface area contributed by atoms with Gasteiger partial charge in [-0.3, -0.25) is 9.69 Å². The van der Waals surface area contributed by atoms with Crippen LogP contribution in [0.4, 0.5) is 8.78 Å². The number of hydrogen-bond donors (Lipinski definition) is 0. The van der Waals surface area contributed by atoms with Crippen LogP contribution in [0.2, 0.25) is 0 Å². The molecular formula is C14H17F2NO2. The number of hydrogen-bond acceptors (Lipinski definition) is 3. The maximum Gasteiger partial charge on any atom is 0.176 e. The first-order valence-electron chi connectivity index (χ1n) is 6.33. The second-order valence-corrected chi connectivity index (χ2v) is 4.75. The Labute approximate surface area is 111 Å². The van der Waals surface area contributed by atoms with Crippen molar-refractivity contribution in [3.05, 3.63) is 35.4 Å². The van der Waals surface area contributed by atoms with Gasteiger partial charge in [-0.05, 0) is 31.0 Å². The first-order chi connectivity index (χ1) is 9.11. The molecule has 0 radical (unpaired) electrons. The maximum atomic E-state index is 13.1. The Kier molecular flexibility index (Phi) is 4.61. The number of benzene rings is 1. The van der Waals surface area contributed by atoms with Crippen molar-refractivity contribution in [3.63, 3.8) is 0 Å². The van der Waals surface area contributed by atoms with E-state index in [1.807, 2.05) is 4.90 Å². The molecule has 1 aliphatic carbocycles. The van der Waals surface area contributed by atoms with Gasteiger partial charge in [-0.2, -0.15) is 0 Å². The van der Waals surface area contributed by atoms with Crippen LogP contribution in [0.3, 0.4) is 0 Å². The van der Waals surface area contributed by atoms with Crippen LogP contribution in [0.25, 0.3) is 0 Å². The number of ketones is 1. The SMILES string of the molecule is COCCN(CC(=O)c1ccc(F)c(F)c1)C1CC1. The summed E-state index contributed by atoms with van der Waals surface area (Å²) in [4.78, 5) is 14.1. The first-order valence-corrected chi connectivity index (χ1v) is 6.33. The molecule has 0 saturated heterocycles. The van der Waals surface area contributed by atoms with Crippen LogP contribution >= 0.6 is 0 Å². The Hall–Kier alpha value is -1.33. The largest absolute Gasteiger partial charge is 0.383 e. The highest BCUT2D eigenvalue weighted by molar-refractivity contribution is 5.97. The highest BCUT2D eigenvalue weighted by Gasteiger charge is 2.30. The van der Waals surface area contributed by atoms with Gasteiger partial charge in [0.15, 0.2) is 17.4 Å². The molecule has 1 aromatic carbocycles. The van der Waals surface area contributed by atoms with E-state index in [-0.39, 0.29) is 17.9 Å². The van der Waals surface area contributed by atoms with E-state index in [1.165, 1.54) is 6.07 Å². The van der Waals surface area contributed by atoms with Crippen LogP contribution in [-0.4, -0.2) is 43.5 Å². The lowest BCUT2D eigenvalue weighted by Gasteiger charge is -2.20. The molecule has 0 unspecified atom stereocenters. The molecule has 2 rings (SSSR count). The summed E-state index contributed by atoms with van der Waals surface area (Å²) in [6, 6.07) is 3.69. The van der Waals surface area contributed by atoms with Crippen LogP contribution in [0.15, 0.2) is 18.2 Å². The average molecular weight is 269 g/mol. The Balaban J connectivity index is 1.99. The molecule has 0 N–H and O–H groups in total. The van der Waals surface area contributed by atoms with E-state index in [1.54, 1.807) is 7.11 Å². The Morgan fingerprint density at radius 1 is 1.37 bits per heavy atom. The van der Waals surface area contributed by atoms with Gasteiger partial charge >= 0.3 is 0 Å². The Bertz CT molecular complexity index is 461. The molecule has 1 saturated carbocycles. The van der Waals surface area contributed by atoms with Crippen LogP contribution in [0, 0.1) is 11.6 Å². The van der Waals surface area contributed by atoms with Crippen molar-refractivity contribution in [3.8, 4) is 0 Å². The molecular weight excluding hydrogens is 252 g/mol. The number of ether oxygens (including phenoxy) is 1. The first kappa shape index (κ1) is 14.1. The molecule has 0 atom stereocenters. The number of nitrogens with zero attached hydrogens (tertiary/aromatic N) is 1. The molecule has 0 heterocycles. The molecule has 5 heteroatoms. The van der Waals surface area contributed by atoms with Gasteiger partial charge < -0.3 is 4.74 Å². The van der Waals surface area contributed by atoms with Crippen LogP contribution in [0.5, 0.6) is 0 Å². The third kappa shape index (κ3) is 3.81. The monoisotopic (exact) mass is 269 g/mol. The standard InChI is InChI=1S/C14H17F2NO2/c1-19-7-6-17(11-3-4-11)9-14(18)10-2-5-12(15)13(16)8-10/h2,5,8,11H,3-4,6-7,9H2,1H3. The summed E-state index contributed by atoms with van der Waals surface area (Å²) in [6.07, 6.45) is 2.16. The van der Waals surface area contributed by atoms with Gasteiger partial charge in [0.05, 0.1) is 13.2 Å². The molecule has 104 valence electrons. The predicted molar refractivity (Wildman–Crippen MR) is 67.2 cm³/mol. The summed E-state index contributed by atoms with van der Waals surface area (Å²) in [5, 5.41) is 0. The minimum Gasteiger partial charge on any atom is -0.383 e. The van der Waals surface area contributed by atoms with Gasteiger partial charge in [0.1, 0.15) is 0 Å². The van der Waals surface area contributed by atoms with E-state index in [9.17, 15) is 13.6 Å². The molecule has 0 amide bonds. The highest BCUT2D eigenvalue weighted by atomic mass is 19.2. The van der Waals surface area contributed by atoms with Crippen molar-refractivity contribution in [2.75, 3.05) is 26.8 Å². The van der Waals surface area contributed by atoms with Crippen LogP contribution in [0.1, 0.15) is 23.2 Å². The minimum absolute atomic E-state index is 0.193. The zero-order chi connectivity index (χ0) is 13.8. The van der Waals surface area contributed by atoms with Crippen molar-refractivity contribution >= 4 is 5.78 Å². The molecule has 0 aliphatic heterocycles. The van der Waals surface area contributed by atoms with Gasteiger partial charge in [-0.15, -0.1) is 0 Å². The van der Waals surface area contributed by atoms with Crippen molar-refractivity contribution in [2.45, 2.75) is 18.9 Å². The number of halogens is 2. The van der Waals surface area contributed by atoms with E-state index >= 15 is 0 Å². The lowest BCUT2D eigenvalue weighted by molar-refractivity contribution is 0.0885. The fourth-order valence-electron chi connectivity index (χ4n) is 1.98. The maximum absolute atomic E-state index is 13.1. The number of Topliss-reactive ketones (excluding diaryl/α,β-unsaturated/α-hetero) is 1. The van der Waals surface area contributed by atoms with Gasteiger partial charge in [0, 0.05) is 25.3 Å². The number of carbonyl (C=O) groups excluding carboxylic acids is 1. The van der Waals surface area contributed by atoms with Crippen LogP contribution < -0.4 is 0 Å². The molecule has 19 heavy (non-hydrogen) atoms. The molecule has 1 aromatic rings. The number of rotatable bonds is 7.